The number of rotatable bonds is 21. The first-order chi connectivity index (χ1) is 14.7. The number of hydrogen-bond donors (Lipinski definition) is 2. The fourth-order valence-corrected chi connectivity index (χ4v) is 2.28. The van der Waals surface area contributed by atoms with Crippen molar-refractivity contribution in [2.45, 2.75) is 66.2 Å². The molecule has 184 valence electrons. The first-order valence-corrected chi connectivity index (χ1v) is 11.5. The van der Waals surface area contributed by atoms with Gasteiger partial charge in [-0.2, -0.15) is 0 Å². The van der Waals surface area contributed by atoms with Gasteiger partial charge in [0.15, 0.2) is 0 Å². The second-order valence-corrected chi connectivity index (χ2v) is 6.31. The average Bonchev–Trinajstić information content (AvgIpc) is 2.75. The average molecular weight is 439 g/mol. The highest BCUT2D eigenvalue weighted by Crippen LogP contribution is 2.01. The Bertz CT molecular complexity index is 380. The van der Waals surface area contributed by atoms with Crippen LogP contribution in [0.4, 0.5) is 0 Å². The zero-order valence-corrected chi connectivity index (χ0v) is 19.8. The molecule has 0 aromatic heterocycles. The molecule has 8 nitrogen and oxygen atoms in total. The van der Waals surface area contributed by atoms with E-state index < -0.39 is 0 Å². The zero-order valence-electron chi connectivity index (χ0n) is 19.8. The number of hydrogen-bond acceptors (Lipinski definition) is 6. The van der Waals surface area contributed by atoms with Crippen LogP contribution >= 0.6 is 0 Å². The van der Waals surface area contributed by atoms with Crippen LogP contribution in [-0.2, 0) is 28.5 Å². The smallest absolute Gasteiger partial charge is 0.222 e. The molecule has 0 spiro atoms. The Hall–Kier alpha value is -1.22. The van der Waals surface area contributed by atoms with Gasteiger partial charge in [0.25, 0.3) is 0 Å². The van der Waals surface area contributed by atoms with Crippen LogP contribution in [0, 0.1) is 0 Å². The van der Waals surface area contributed by atoms with E-state index in [0.717, 1.165) is 12.8 Å². The Labute approximate surface area is 186 Å². The highest BCUT2D eigenvalue weighted by molar-refractivity contribution is 5.76. The van der Waals surface area contributed by atoms with Crippen molar-refractivity contribution in [3.05, 3.63) is 0 Å². The standard InChI is InChI=1S/C20H40N2O6.C2H6.2H2/c1-3-5-6-7-8-19(23)22-10-12-26-14-16-28-18-17-27-15-13-25-11-9-20(24)21-4-2;1-2;;/h3-18H2,1-2H3,(H,21,24)(H,22,23);1-2H3;2*1H. The van der Waals surface area contributed by atoms with Crippen molar-refractivity contribution in [3.8, 4) is 0 Å². The molecule has 2 amide bonds. The molecule has 0 saturated carbocycles. The van der Waals surface area contributed by atoms with E-state index in [0.29, 0.717) is 78.8 Å². The number of amides is 2. The Morgan fingerprint density at radius 1 is 0.633 bits per heavy atom. The second-order valence-electron chi connectivity index (χ2n) is 6.31. The van der Waals surface area contributed by atoms with E-state index in [1.165, 1.54) is 12.8 Å². The molecule has 0 rings (SSSR count). The summed E-state index contributed by atoms with van der Waals surface area (Å²) in [5.74, 6) is 0.102. The molecule has 0 aliphatic heterocycles. The molecule has 0 aromatic carbocycles. The van der Waals surface area contributed by atoms with E-state index >= 15 is 0 Å². The number of carbonyl (C=O) groups is 2. The van der Waals surface area contributed by atoms with Crippen LogP contribution in [0.5, 0.6) is 0 Å². The van der Waals surface area contributed by atoms with Crippen LogP contribution in [-0.4, -0.2) is 77.8 Å². The number of carbonyl (C=O) groups excluding carboxylic acids is 2. The van der Waals surface area contributed by atoms with Gasteiger partial charge in [0.05, 0.1) is 52.9 Å². The fraction of sp³-hybridized carbons (Fsp3) is 0.909. The van der Waals surface area contributed by atoms with Gasteiger partial charge in [-0.25, -0.2) is 0 Å². The van der Waals surface area contributed by atoms with E-state index in [4.69, 9.17) is 18.9 Å². The Morgan fingerprint density at radius 2 is 1.13 bits per heavy atom. The van der Waals surface area contributed by atoms with Crippen molar-refractivity contribution in [2.75, 3.05) is 65.9 Å². The van der Waals surface area contributed by atoms with Crippen molar-refractivity contribution in [1.29, 1.82) is 0 Å². The van der Waals surface area contributed by atoms with Crippen LogP contribution in [0.25, 0.3) is 0 Å². The minimum absolute atomic E-state index is 0. The lowest BCUT2D eigenvalue weighted by Gasteiger charge is -2.08. The van der Waals surface area contributed by atoms with Crippen LogP contribution in [0.1, 0.15) is 69.1 Å². The largest absolute Gasteiger partial charge is 0.379 e. The molecule has 30 heavy (non-hydrogen) atoms. The summed E-state index contributed by atoms with van der Waals surface area (Å²) in [6, 6.07) is 0. The summed E-state index contributed by atoms with van der Waals surface area (Å²) in [7, 11) is 0. The van der Waals surface area contributed by atoms with Gasteiger partial charge in [-0.15, -0.1) is 0 Å². The molecular weight excluding hydrogens is 388 g/mol. The molecule has 0 heterocycles. The molecule has 0 saturated heterocycles. The van der Waals surface area contributed by atoms with Crippen LogP contribution in [0.3, 0.4) is 0 Å². The predicted molar refractivity (Wildman–Crippen MR) is 124 cm³/mol. The Balaban J connectivity index is -0.000000950. The van der Waals surface area contributed by atoms with E-state index in [-0.39, 0.29) is 14.7 Å². The molecule has 0 fully saturated rings. The highest BCUT2D eigenvalue weighted by Gasteiger charge is 2.00. The third kappa shape index (κ3) is 26.8. The predicted octanol–water partition coefficient (Wildman–Crippen LogP) is 3.18. The van der Waals surface area contributed by atoms with Gasteiger partial charge < -0.3 is 29.6 Å². The maximum absolute atomic E-state index is 11.5. The van der Waals surface area contributed by atoms with Gasteiger partial charge in [0.1, 0.15) is 0 Å². The molecule has 0 aliphatic carbocycles. The monoisotopic (exact) mass is 438 g/mol. The Kier molecular flexibility index (Phi) is 28.7. The molecule has 0 radical (unpaired) electrons. The topological polar surface area (TPSA) is 95.1 Å². The summed E-state index contributed by atoms with van der Waals surface area (Å²) in [6.45, 7) is 13.0. The number of unbranched alkanes of at least 4 members (excludes halogenated alkanes) is 3. The second kappa shape index (κ2) is 27.8. The summed E-state index contributed by atoms with van der Waals surface area (Å²) in [5.41, 5.74) is 0. The molecule has 0 aromatic rings. The molecule has 2 N–H and O–H groups in total. The van der Waals surface area contributed by atoms with Gasteiger partial charge in [-0.1, -0.05) is 40.0 Å². The molecule has 0 unspecified atom stereocenters. The maximum Gasteiger partial charge on any atom is 0.222 e. The van der Waals surface area contributed by atoms with Gasteiger partial charge in [-0.3, -0.25) is 9.59 Å². The molecule has 0 atom stereocenters. The highest BCUT2D eigenvalue weighted by atomic mass is 16.6. The lowest BCUT2D eigenvalue weighted by Crippen LogP contribution is -2.27. The van der Waals surface area contributed by atoms with Crippen LogP contribution < -0.4 is 10.6 Å². The summed E-state index contributed by atoms with van der Waals surface area (Å²) in [5, 5.41) is 5.57. The fourth-order valence-electron chi connectivity index (χ4n) is 2.28. The van der Waals surface area contributed by atoms with E-state index in [9.17, 15) is 9.59 Å². The lowest BCUT2D eigenvalue weighted by molar-refractivity contribution is -0.122. The van der Waals surface area contributed by atoms with E-state index in [2.05, 4.69) is 17.6 Å². The van der Waals surface area contributed by atoms with E-state index in [1.54, 1.807) is 0 Å². The summed E-state index contributed by atoms with van der Waals surface area (Å²) < 4.78 is 21.5. The van der Waals surface area contributed by atoms with Gasteiger partial charge in [0, 0.05) is 28.8 Å². The van der Waals surface area contributed by atoms with Gasteiger partial charge in [0.2, 0.25) is 11.8 Å². The van der Waals surface area contributed by atoms with Crippen LogP contribution in [0.2, 0.25) is 0 Å². The van der Waals surface area contributed by atoms with Crippen molar-refractivity contribution in [3.63, 3.8) is 0 Å². The quantitative estimate of drug-likeness (QED) is 0.267. The number of ether oxygens (including phenoxy) is 4. The molecule has 0 aliphatic rings. The Morgan fingerprint density at radius 3 is 1.67 bits per heavy atom. The number of nitrogens with one attached hydrogen (secondary N) is 2. The third-order valence-electron chi connectivity index (χ3n) is 3.79. The zero-order chi connectivity index (χ0) is 22.7. The molecule has 0 bridgehead atoms. The minimum Gasteiger partial charge on any atom is -0.379 e. The first-order valence-electron chi connectivity index (χ1n) is 11.5. The van der Waals surface area contributed by atoms with Gasteiger partial charge in [-0.05, 0) is 13.3 Å². The minimum atomic E-state index is 0. The SMILES string of the molecule is CC.CCCCCCC(=O)NCCOCCOCCOCCOCCC(=O)NCC.[HH].[HH]. The van der Waals surface area contributed by atoms with Crippen molar-refractivity contribution in [1.82, 2.24) is 10.6 Å². The van der Waals surface area contributed by atoms with Crippen molar-refractivity contribution >= 4 is 11.8 Å². The van der Waals surface area contributed by atoms with Crippen molar-refractivity contribution < 1.29 is 31.4 Å². The summed E-state index contributed by atoms with van der Waals surface area (Å²) in [6.07, 6.45) is 5.42. The van der Waals surface area contributed by atoms with Crippen molar-refractivity contribution in [2.24, 2.45) is 0 Å². The first kappa shape index (κ1) is 31.0. The van der Waals surface area contributed by atoms with E-state index in [1.807, 2.05) is 20.8 Å². The normalized spacial score (nSPS) is 10.3. The van der Waals surface area contributed by atoms with Gasteiger partial charge >= 0.3 is 0 Å². The maximum atomic E-state index is 11.5. The summed E-state index contributed by atoms with van der Waals surface area (Å²) in [4.78, 5) is 22.7. The van der Waals surface area contributed by atoms with Crippen LogP contribution in [0.15, 0.2) is 0 Å². The lowest BCUT2D eigenvalue weighted by atomic mass is 10.1. The molecular formula is C22H50N2O6. The summed E-state index contributed by atoms with van der Waals surface area (Å²) >= 11 is 0. The third-order valence-corrected chi connectivity index (χ3v) is 3.79. The molecule has 8 heteroatoms.